The zero-order chi connectivity index (χ0) is 17.0. The molecule has 8 heteroatoms. The summed E-state index contributed by atoms with van der Waals surface area (Å²) in [4.78, 5) is 11.7. The highest BCUT2D eigenvalue weighted by Crippen LogP contribution is 2.31. The number of hydrogen-bond donors (Lipinski definition) is 2. The number of benzene rings is 1. The molecule has 7 nitrogen and oxygen atoms in total. The van der Waals surface area contributed by atoms with Gasteiger partial charge < -0.3 is 14.8 Å². The van der Waals surface area contributed by atoms with E-state index in [-0.39, 0.29) is 23.5 Å². The molecule has 1 aromatic carbocycles. The van der Waals surface area contributed by atoms with Gasteiger partial charge in [-0.1, -0.05) is 0 Å². The summed E-state index contributed by atoms with van der Waals surface area (Å²) in [5.74, 6) is 0.159. The van der Waals surface area contributed by atoms with Crippen LogP contribution in [0.3, 0.4) is 0 Å². The average molecular weight is 342 g/mol. The van der Waals surface area contributed by atoms with Crippen molar-refractivity contribution in [2.75, 3.05) is 18.5 Å². The highest BCUT2D eigenvalue weighted by molar-refractivity contribution is 7.89. The lowest BCUT2D eigenvalue weighted by Gasteiger charge is -2.23. The van der Waals surface area contributed by atoms with E-state index >= 15 is 0 Å². The highest BCUT2D eigenvalue weighted by Gasteiger charge is 2.25. The Labute approximate surface area is 136 Å². The van der Waals surface area contributed by atoms with Crippen LogP contribution in [0.15, 0.2) is 23.1 Å². The molecule has 0 saturated carbocycles. The molecule has 0 spiro atoms. The Morgan fingerprint density at radius 2 is 2.13 bits per heavy atom. The highest BCUT2D eigenvalue weighted by atomic mass is 32.2. The molecule has 1 unspecified atom stereocenters. The zero-order valence-electron chi connectivity index (χ0n) is 13.5. The van der Waals surface area contributed by atoms with Crippen LogP contribution in [0.4, 0.5) is 5.69 Å². The molecule has 0 saturated heterocycles. The second-order valence-corrected chi connectivity index (χ2v) is 7.35. The van der Waals surface area contributed by atoms with Crippen LogP contribution in [0.1, 0.15) is 27.2 Å². The van der Waals surface area contributed by atoms with Gasteiger partial charge in [-0.05, 0) is 45.4 Å². The van der Waals surface area contributed by atoms with Crippen LogP contribution in [-0.2, 0) is 19.6 Å². The van der Waals surface area contributed by atoms with E-state index < -0.39 is 16.1 Å². The minimum absolute atomic E-state index is 0.0829. The molecular formula is C15H22N2O5S. The van der Waals surface area contributed by atoms with Gasteiger partial charge in [0, 0.05) is 13.2 Å². The van der Waals surface area contributed by atoms with Gasteiger partial charge in [-0.15, -0.1) is 0 Å². The summed E-state index contributed by atoms with van der Waals surface area (Å²) in [6.07, 6.45) is 0.113. The number of ether oxygens (including phenoxy) is 2. The van der Waals surface area contributed by atoms with Crippen molar-refractivity contribution < 1.29 is 22.7 Å². The van der Waals surface area contributed by atoms with Gasteiger partial charge in [0.1, 0.15) is 5.75 Å². The Bertz CT molecular complexity index is 672. The summed E-state index contributed by atoms with van der Waals surface area (Å²) in [6, 6.07) is 4.39. The van der Waals surface area contributed by atoms with Gasteiger partial charge in [0.05, 0.1) is 16.7 Å². The minimum Gasteiger partial charge on any atom is -0.479 e. The Kier molecular flexibility index (Phi) is 5.61. The first kappa shape index (κ1) is 17.7. The van der Waals surface area contributed by atoms with Crippen LogP contribution in [0.5, 0.6) is 5.75 Å². The van der Waals surface area contributed by atoms with Crippen LogP contribution < -0.4 is 14.8 Å². The van der Waals surface area contributed by atoms with Crippen LogP contribution in [0.25, 0.3) is 0 Å². The van der Waals surface area contributed by atoms with Gasteiger partial charge >= 0.3 is 0 Å². The quantitative estimate of drug-likeness (QED) is 0.733. The van der Waals surface area contributed by atoms with Gasteiger partial charge in [0.15, 0.2) is 6.10 Å². The Morgan fingerprint density at radius 3 is 2.83 bits per heavy atom. The number of sulfonamides is 1. The molecule has 1 amide bonds. The van der Waals surface area contributed by atoms with Crippen molar-refractivity contribution in [3.63, 3.8) is 0 Å². The minimum atomic E-state index is -3.64. The van der Waals surface area contributed by atoms with E-state index in [1.54, 1.807) is 13.0 Å². The molecule has 1 heterocycles. The number of nitrogens with one attached hydrogen (secondary N) is 2. The smallest absolute Gasteiger partial charge is 0.265 e. The molecule has 23 heavy (non-hydrogen) atoms. The van der Waals surface area contributed by atoms with Crippen molar-refractivity contribution in [2.24, 2.45) is 0 Å². The van der Waals surface area contributed by atoms with Crippen LogP contribution in [0, 0.1) is 0 Å². The van der Waals surface area contributed by atoms with Crippen LogP contribution in [-0.4, -0.2) is 39.7 Å². The number of carbonyl (C=O) groups is 1. The Hall–Kier alpha value is -1.64. The third kappa shape index (κ3) is 4.66. The topological polar surface area (TPSA) is 93.7 Å². The fourth-order valence-electron chi connectivity index (χ4n) is 2.04. The maximum atomic E-state index is 12.3. The lowest BCUT2D eigenvalue weighted by atomic mass is 10.2. The summed E-state index contributed by atoms with van der Waals surface area (Å²) in [5.41, 5.74) is 0.360. The molecule has 128 valence electrons. The van der Waals surface area contributed by atoms with Gasteiger partial charge in [-0.2, -0.15) is 0 Å². The number of anilines is 1. The number of amides is 1. The van der Waals surface area contributed by atoms with Crippen molar-refractivity contribution in [2.45, 2.75) is 44.3 Å². The first-order valence-electron chi connectivity index (χ1n) is 7.52. The number of fused-ring (bicyclic) bond motifs is 1. The molecular weight excluding hydrogens is 320 g/mol. The molecule has 0 aromatic heterocycles. The zero-order valence-corrected chi connectivity index (χ0v) is 14.3. The second-order valence-electron chi connectivity index (χ2n) is 5.58. The van der Waals surface area contributed by atoms with Crippen molar-refractivity contribution >= 4 is 21.6 Å². The summed E-state index contributed by atoms with van der Waals surface area (Å²) in [5, 5.41) is 2.63. The first-order chi connectivity index (χ1) is 10.8. The maximum absolute atomic E-state index is 12.3. The molecule has 2 rings (SSSR count). The van der Waals surface area contributed by atoms with Crippen molar-refractivity contribution in [3.8, 4) is 5.75 Å². The normalized spacial score (nSPS) is 17.6. The standard InChI is InChI=1S/C15H22N2O5S/c1-10(2)21-8-4-7-16-23(19,20)12-5-6-14-13(9-12)17-15(18)11(3)22-14/h5-6,9-11,16H,4,7-8H2,1-3H3,(H,17,18). The Morgan fingerprint density at radius 1 is 1.39 bits per heavy atom. The van der Waals surface area contributed by atoms with Gasteiger partial charge in [-0.3, -0.25) is 4.79 Å². The SMILES string of the molecule is CC(C)OCCCNS(=O)(=O)c1ccc2c(c1)NC(=O)C(C)O2. The predicted molar refractivity (Wildman–Crippen MR) is 86.1 cm³/mol. The number of hydrogen-bond acceptors (Lipinski definition) is 5. The second kappa shape index (κ2) is 7.29. The monoisotopic (exact) mass is 342 g/mol. The molecule has 0 bridgehead atoms. The largest absolute Gasteiger partial charge is 0.479 e. The summed E-state index contributed by atoms with van der Waals surface area (Å²) in [6.45, 7) is 6.25. The molecule has 1 aliphatic rings. The third-order valence-corrected chi connectivity index (χ3v) is 4.72. The fraction of sp³-hybridized carbons (Fsp3) is 0.533. The molecule has 0 radical (unpaired) electrons. The first-order valence-corrected chi connectivity index (χ1v) is 9.01. The van der Waals surface area contributed by atoms with E-state index in [2.05, 4.69) is 10.0 Å². The van der Waals surface area contributed by atoms with E-state index in [9.17, 15) is 13.2 Å². The molecule has 2 N–H and O–H groups in total. The summed E-state index contributed by atoms with van der Waals surface area (Å²) >= 11 is 0. The lowest BCUT2D eigenvalue weighted by Crippen LogP contribution is -2.34. The van der Waals surface area contributed by atoms with Gasteiger partial charge in [-0.25, -0.2) is 13.1 Å². The van der Waals surface area contributed by atoms with Crippen molar-refractivity contribution in [3.05, 3.63) is 18.2 Å². The summed E-state index contributed by atoms with van der Waals surface area (Å²) < 4.78 is 37.8. The molecule has 0 aliphatic carbocycles. The van der Waals surface area contributed by atoms with E-state index in [1.807, 2.05) is 13.8 Å². The van der Waals surface area contributed by atoms with Crippen molar-refractivity contribution in [1.82, 2.24) is 4.72 Å². The van der Waals surface area contributed by atoms with E-state index in [0.29, 0.717) is 24.5 Å². The Balaban J connectivity index is 2.00. The van der Waals surface area contributed by atoms with E-state index in [4.69, 9.17) is 9.47 Å². The van der Waals surface area contributed by atoms with Crippen LogP contribution in [0.2, 0.25) is 0 Å². The maximum Gasteiger partial charge on any atom is 0.265 e. The predicted octanol–water partition coefficient (Wildman–Crippen LogP) is 1.50. The third-order valence-electron chi connectivity index (χ3n) is 3.26. The van der Waals surface area contributed by atoms with Crippen molar-refractivity contribution in [1.29, 1.82) is 0 Å². The number of rotatable bonds is 7. The lowest BCUT2D eigenvalue weighted by molar-refractivity contribution is -0.122. The van der Waals surface area contributed by atoms with Gasteiger partial charge in [0.2, 0.25) is 10.0 Å². The van der Waals surface area contributed by atoms with E-state index in [0.717, 1.165) is 0 Å². The summed E-state index contributed by atoms with van der Waals surface area (Å²) in [7, 11) is -3.64. The molecule has 1 atom stereocenters. The number of carbonyl (C=O) groups excluding carboxylic acids is 1. The average Bonchev–Trinajstić information content (AvgIpc) is 2.47. The van der Waals surface area contributed by atoms with Crippen LogP contribution >= 0.6 is 0 Å². The fourth-order valence-corrected chi connectivity index (χ4v) is 3.14. The van der Waals surface area contributed by atoms with E-state index in [1.165, 1.54) is 12.1 Å². The molecule has 0 fully saturated rings. The molecule has 1 aromatic rings. The van der Waals surface area contributed by atoms with Gasteiger partial charge in [0.25, 0.3) is 5.91 Å². The molecule has 1 aliphatic heterocycles.